The second kappa shape index (κ2) is 5.70. The molecule has 0 spiro atoms. The van der Waals surface area contributed by atoms with Crippen molar-refractivity contribution in [3.63, 3.8) is 0 Å². The minimum Gasteiger partial charge on any atom is -0.314 e. The molecule has 0 aliphatic heterocycles. The van der Waals surface area contributed by atoms with Crippen LogP contribution in [0.3, 0.4) is 0 Å². The normalized spacial score (nSPS) is 28.5. The Labute approximate surface area is 114 Å². The van der Waals surface area contributed by atoms with Crippen molar-refractivity contribution in [3.8, 4) is 0 Å². The van der Waals surface area contributed by atoms with Gasteiger partial charge in [-0.3, -0.25) is 0 Å². The van der Waals surface area contributed by atoms with Crippen molar-refractivity contribution in [2.75, 3.05) is 6.54 Å². The molecule has 2 unspecified atom stereocenters. The molecule has 0 amide bonds. The van der Waals surface area contributed by atoms with E-state index in [4.69, 9.17) is 0 Å². The van der Waals surface area contributed by atoms with Crippen LogP contribution < -0.4 is 5.32 Å². The maximum Gasteiger partial charge on any atom is 0.0897 e. The highest BCUT2D eigenvalue weighted by molar-refractivity contribution is 7.09. The first-order valence-corrected chi connectivity index (χ1v) is 8.33. The zero-order valence-electron chi connectivity index (χ0n) is 11.3. The van der Waals surface area contributed by atoms with Gasteiger partial charge in [-0.2, -0.15) is 0 Å². The van der Waals surface area contributed by atoms with Gasteiger partial charge in [0.15, 0.2) is 0 Å². The summed E-state index contributed by atoms with van der Waals surface area (Å²) < 4.78 is 0. The van der Waals surface area contributed by atoms with E-state index in [9.17, 15) is 0 Å². The number of thiazole rings is 1. The first-order chi connectivity index (χ1) is 8.81. The summed E-state index contributed by atoms with van der Waals surface area (Å²) in [5, 5.41) is 7.15. The number of hydrogen-bond acceptors (Lipinski definition) is 3. The number of hydrogen-bond donors (Lipinski definition) is 1. The molecule has 1 aromatic heterocycles. The number of rotatable bonds is 5. The summed E-state index contributed by atoms with van der Waals surface area (Å²) in [6.45, 7) is 3.19. The fourth-order valence-corrected chi connectivity index (χ4v) is 3.98. The van der Waals surface area contributed by atoms with E-state index in [2.05, 4.69) is 22.6 Å². The maximum atomic E-state index is 4.53. The lowest BCUT2D eigenvalue weighted by atomic mass is 9.83. The zero-order valence-corrected chi connectivity index (χ0v) is 12.1. The van der Waals surface area contributed by atoms with Gasteiger partial charge < -0.3 is 5.32 Å². The lowest BCUT2D eigenvalue weighted by Crippen LogP contribution is -2.35. The zero-order chi connectivity index (χ0) is 12.4. The maximum absolute atomic E-state index is 4.53. The summed E-state index contributed by atoms with van der Waals surface area (Å²) in [7, 11) is 0. The quantitative estimate of drug-likeness (QED) is 0.879. The summed E-state index contributed by atoms with van der Waals surface area (Å²) in [5.41, 5.74) is 1.26. The van der Waals surface area contributed by atoms with Crippen LogP contribution in [-0.4, -0.2) is 17.6 Å². The van der Waals surface area contributed by atoms with Gasteiger partial charge in [0, 0.05) is 24.4 Å². The van der Waals surface area contributed by atoms with Crippen LogP contribution in [0, 0.1) is 18.8 Å². The lowest BCUT2D eigenvalue weighted by molar-refractivity contribution is 0.262. The Morgan fingerprint density at radius 2 is 2.17 bits per heavy atom. The van der Waals surface area contributed by atoms with E-state index >= 15 is 0 Å². The summed E-state index contributed by atoms with van der Waals surface area (Å²) in [4.78, 5) is 4.53. The largest absolute Gasteiger partial charge is 0.314 e. The number of nitrogens with zero attached hydrogens (tertiary/aromatic N) is 1. The summed E-state index contributed by atoms with van der Waals surface area (Å²) in [5.74, 6) is 2.13. The van der Waals surface area contributed by atoms with E-state index in [0.717, 1.165) is 30.8 Å². The van der Waals surface area contributed by atoms with Crippen LogP contribution in [0.15, 0.2) is 5.38 Å². The lowest BCUT2D eigenvalue weighted by Gasteiger charge is -2.30. The molecule has 0 bridgehead atoms. The van der Waals surface area contributed by atoms with Gasteiger partial charge in [0.2, 0.25) is 0 Å². The number of aryl methyl sites for hydroxylation is 1. The van der Waals surface area contributed by atoms with E-state index in [1.54, 1.807) is 11.3 Å². The van der Waals surface area contributed by atoms with Crippen molar-refractivity contribution < 1.29 is 0 Å². The van der Waals surface area contributed by atoms with Crippen LogP contribution >= 0.6 is 11.3 Å². The summed E-state index contributed by atoms with van der Waals surface area (Å²) in [6, 6.07) is 0.782. The third-order valence-corrected chi connectivity index (χ3v) is 5.31. The molecule has 2 aliphatic rings. The predicted molar refractivity (Wildman–Crippen MR) is 77.0 cm³/mol. The SMILES string of the molecule is Cc1nc(CCNC2CCCC(C3CC3)C2)cs1. The highest BCUT2D eigenvalue weighted by atomic mass is 32.1. The third kappa shape index (κ3) is 3.33. The van der Waals surface area contributed by atoms with Crippen LogP contribution in [0.4, 0.5) is 0 Å². The molecule has 2 saturated carbocycles. The van der Waals surface area contributed by atoms with Crippen molar-refractivity contribution in [2.24, 2.45) is 11.8 Å². The Kier molecular flexibility index (Phi) is 4.00. The number of aromatic nitrogens is 1. The molecular formula is C15H24N2S. The standard InChI is InChI=1S/C15H24N2S/c1-11-17-15(10-18-11)7-8-16-14-4-2-3-13(9-14)12-5-6-12/h10,12-14,16H,2-9H2,1H3. The molecule has 100 valence electrons. The second-order valence-electron chi connectivity index (χ2n) is 6.02. The van der Waals surface area contributed by atoms with Crippen molar-refractivity contribution in [3.05, 3.63) is 16.1 Å². The Balaban J connectivity index is 1.39. The molecule has 0 radical (unpaired) electrons. The van der Waals surface area contributed by atoms with Crippen molar-refractivity contribution in [2.45, 2.75) is 57.9 Å². The molecule has 1 N–H and O–H groups in total. The van der Waals surface area contributed by atoms with Gasteiger partial charge in [-0.1, -0.05) is 12.8 Å². The Morgan fingerprint density at radius 3 is 2.89 bits per heavy atom. The summed E-state index contributed by atoms with van der Waals surface area (Å²) in [6.07, 6.45) is 9.86. The van der Waals surface area contributed by atoms with Crippen LogP contribution in [0.25, 0.3) is 0 Å². The molecular weight excluding hydrogens is 240 g/mol. The minimum atomic E-state index is 0.782. The highest BCUT2D eigenvalue weighted by Crippen LogP contribution is 2.43. The molecule has 18 heavy (non-hydrogen) atoms. The van der Waals surface area contributed by atoms with E-state index in [-0.39, 0.29) is 0 Å². The molecule has 2 fully saturated rings. The van der Waals surface area contributed by atoms with Crippen LogP contribution in [-0.2, 0) is 6.42 Å². The number of nitrogens with one attached hydrogen (secondary N) is 1. The minimum absolute atomic E-state index is 0.782. The molecule has 1 aromatic rings. The third-order valence-electron chi connectivity index (χ3n) is 4.48. The topological polar surface area (TPSA) is 24.9 Å². The van der Waals surface area contributed by atoms with Gasteiger partial charge >= 0.3 is 0 Å². The van der Waals surface area contributed by atoms with Crippen molar-refractivity contribution >= 4 is 11.3 Å². The highest BCUT2D eigenvalue weighted by Gasteiger charge is 2.34. The Hall–Kier alpha value is -0.410. The average Bonchev–Trinajstić information content (AvgIpc) is 3.14. The molecule has 2 aliphatic carbocycles. The smallest absolute Gasteiger partial charge is 0.0897 e. The molecule has 1 heterocycles. The van der Waals surface area contributed by atoms with Gasteiger partial charge in [0.1, 0.15) is 0 Å². The Morgan fingerprint density at radius 1 is 1.28 bits per heavy atom. The van der Waals surface area contributed by atoms with Crippen molar-refractivity contribution in [1.29, 1.82) is 0 Å². The molecule has 0 aromatic carbocycles. The fraction of sp³-hybridized carbons (Fsp3) is 0.800. The molecule has 3 heteroatoms. The van der Waals surface area contributed by atoms with E-state index < -0.39 is 0 Å². The van der Waals surface area contributed by atoms with Gasteiger partial charge in [-0.15, -0.1) is 11.3 Å². The van der Waals surface area contributed by atoms with Gasteiger partial charge in [0.25, 0.3) is 0 Å². The van der Waals surface area contributed by atoms with Gasteiger partial charge in [-0.05, 0) is 44.4 Å². The molecule has 2 atom stereocenters. The van der Waals surface area contributed by atoms with Crippen LogP contribution in [0.2, 0.25) is 0 Å². The average molecular weight is 264 g/mol. The monoisotopic (exact) mass is 264 g/mol. The first-order valence-electron chi connectivity index (χ1n) is 7.45. The predicted octanol–water partition coefficient (Wildman–Crippen LogP) is 3.55. The van der Waals surface area contributed by atoms with E-state index in [0.29, 0.717) is 0 Å². The molecule has 3 rings (SSSR count). The van der Waals surface area contributed by atoms with Crippen LogP contribution in [0.5, 0.6) is 0 Å². The summed E-state index contributed by atoms with van der Waals surface area (Å²) >= 11 is 1.76. The fourth-order valence-electron chi connectivity index (χ4n) is 3.34. The van der Waals surface area contributed by atoms with Crippen molar-refractivity contribution in [1.82, 2.24) is 10.3 Å². The van der Waals surface area contributed by atoms with Crippen LogP contribution in [0.1, 0.15) is 49.2 Å². The first kappa shape index (κ1) is 12.6. The Bertz CT molecular complexity index is 384. The van der Waals surface area contributed by atoms with Gasteiger partial charge in [0.05, 0.1) is 10.7 Å². The molecule has 2 nitrogen and oxygen atoms in total. The van der Waals surface area contributed by atoms with E-state index in [1.807, 2.05) is 0 Å². The van der Waals surface area contributed by atoms with Gasteiger partial charge in [-0.25, -0.2) is 4.98 Å². The molecule has 0 saturated heterocycles. The second-order valence-corrected chi connectivity index (χ2v) is 7.09. The van der Waals surface area contributed by atoms with E-state index in [1.165, 1.54) is 49.2 Å².